The largest absolute Gasteiger partial charge is 0.383 e. The van der Waals surface area contributed by atoms with E-state index in [1.165, 1.54) is 11.3 Å². The standard InChI is InChI=1S/C11H17N7O2S/c1-18-6-15-17-7(18)5-14-10(19)8-9(12)16-11(21-8)13-3-4-20-2/h6H,3-5,12H2,1-2H3,(H,13,16)(H,14,19). The van der Waals surface area contributed by atoms with Crippen molar-refractivity contribution in [3.05, 3.63) is 17.0 Å². The molecule has 0 saturated heterocycles. The van der Waals surface area contributed by atoms with Crippen LogP contribution in [0.25, 0.3) is 0 Å². The number of nitrogens with two attached hydrogens (primary N) is 1. The Bertz CT molecular complexity index is 609. The molecule has 2 aromatic rings. The quantitative estimate of drug-likeness (QED) is 0.608. The number of aryl methyl sites for hydroxylation is 1. The van der Waals surface area contributed by atoms with Crippen molar-refractivity contribution in [1.29, 1.82) is 0 Å². The Balaban J connectivity index is 1.94. The molecule has 9 nitrogen and oxygen atoms in total. The summed E-state index contributed by atoms with van der Waals surface area (Å²) in [5, 5.41) is 14.0. The Morgan fingerprint density at radius 3 is 3.05 bits per heavy atom. The van der Waals surface area contributed by atoms with E-state index in [1.807, 2.05) is 0 Å². The molecule has 0 fully saturated rings. The molecule has 0 atom stereocenters. The number of nitrogens with one attached hydrogen (secondary N) is 2. The molecule has 0 radical (unpaired) electrons. The fourth-order valence-corrected chi connectivity index (χ4v) is 2.36. The fourth-order valence-electron chi connectivity index (χ4n) is 1.54. The average Bonchev–Trinajstić information content (AvgIpc) is 3.03. The summed E-state index contributed by atoms with van der Waals surface area (Å²) in [5.74, 6) is 0.577. The van der Waals surface area contributed by atoms with E-state index in [-0.39, 0.29) is 18.3 Å². The SMILES string of the molecule is COCCNc1nc(N)c(C(=O)NCc2nncn2C)s1. The zero-order valence-electron chi connectivity index (χ0n) is 11.8. The van der Waals surface area contributed by atoms with Gasteiger partial charge in [0.1, 0.15) is 17.0 Å². The first kappa shape index (κ1) is 15.2. The highest BCUT2D eigenvalue weighted by atomic mass is 32.1. The van der Waals surface area contributed by atoms with Crippen LogP contribution in [0.3, 0.4) is 0 Å². The molecule has 21 heavy (non-hydrogen) atoms. The Morgan fingerprint density at radius 1 is 1.57 bits per heavy atom. The monoisotopic (exact) mass is 311 g/mol. The maximum Gasteiger partial charge on any atom is 0.265 e. The van der Waals surface area contributed by atoms with Crippen molar-refractivity contribution in [1.82, 2.24) is 25.1 Å². The highest BCUT2D eigenvalue weighted by Gasteiger charge is 2.16. The fraction of sp³-hybridized carbons (Fsp3) is 0.455. The van der Waals surface area contributed by atoms with Crippen molar-refractivity contribution in [2.75, 3.05) is 31.3 Å². The van der Waals surface area contributed by atoms with Gasteiger partial charge in [0, 0.05) is 20.7 Å². The number of aromatic nitrogens is 4. The second kappa shape index (κ2) is 6.99. The number of hydrogen-bond donors (Lipinski definition) is 3. The summed E-state index contributed by atoms with van der Waals surface area (Å²) in [7, 11) is 3.42. The number of methoxy groups -OCH3 is 1. The second-order valence-corrected chi connectivity index (χ2v) is 5.19. The normalized spacial score (nSPS) is 10.6. The Morgan fingerprint density at radius 2 is 2.38 bits per heavy atom. The number of nitrogens with zero attached hydrogens (tertiary/aromatic N) is 4. The molecule has 0 aromatic carbocycles. The first-order valence-corrected chi connectivity index (χ1v) is 7.03. The number of thiazole rings is 1. The summed E-state index contributed by atoms with van der Waals surface area (Å²) in [4.78, 5) is 16.6. The van der Waals surface area contributed by atoms with Crippen LogP contribution in [-0.4, -0.2) is 45.9 Å². The van der Waals surface area contributed by atoms with Gasteiger partial charge in [0.2, 0.25) is 0 Å². The van der Waals surface area contributed by atoms with Crippen LogP contribution in [-0.2, 0) is 18.3 Å². The van der Waals surface area contributed by atoms with Crippen LogP contribution in [0.4, 0.5) is 10.9 Å². The third-order valence-corrected chi connectivity index (χ3v) is 3.68. The molecule has 0 saturated carbocycles. The predicted octanol–water partition coefficient (Wildman–Crippen LogP) is -0.158. The van der Waals surface area contributed by atoms with Gasteiger partial charge >= 0.3 is 0 Å². The van der Waals surface area contributed by atoms with Gasteiger partial charge in [-0.05, 0) is 0 Å². The Hall–Kier alpha value is -2.20. The molecule has 114 valence electrons. The van der Waals surface area contributed by atoms with Gasteiger partial charge in [-0.25, -0.2) is 4.98 Å². The topological polar surface area (TPSA) is 120 Å². The zero-order valence-corrected chi connectivity index (χ0v) is 12.6. The van der Waals surface area contributed by atoms with Crippen LogP contribution in [0.5, 0.6) is 0 Å². The number of rotatable bonds is 7. The third kappa shape index (κ3) is 3.89. The van der Waals surface area contributed by atoms with Crippen LogP contribution in [0, 0.1) is 0 Å². The highest BCUT2D eigenvalue weighted by Crippen LogP contribution is 2.24. The molecule has 10 heteroatoms. The number of amides is 1. The number of anilines is 2. The van der Waals surface area contributed by atoms with E-state index in [0.29, 0.717) is 29.0 Å². The van der Waals surface area contributed by atoms with Crippen LogP contribution in [0.1, 0.15) is 15.5 Å². The smallest absolute Gasteiger partial charge is 0.265 e. The summed E-state index contributed by atoms with van der Waals surface area (Å²) in [5.41, 5.74) is 5.76. The van der Waals surface area contributed by atoms with Gasteiger partial charge in [-0.2, -0.15) is 0 Å². The number of nitrogen functional groups attached to an aromatic ring is 1. The van der Waals surface area contributed by atoms with Crippen LogP contribution in [0.2, 0.25) is 0 Å². The minimum absolute atomic E-state index is 0.204. The van der Waals surface area contributed by atoms with E-state index < -0.39 is 0 Å². The maximum absolute atomic E-state index is 12.1. The van der Waals surface area contributed by atoms with E-state index in [0.717, 1.165) is 0 Å². The molecule has 0 aliphatic carbocycles. The molecule has 4 N–H and O–H groups in total. The van der Waals surface area contributed by atoms with E-state index in [9.17, 15) is 4.79 Å². The molecule has 0 aliphatic heterocycles. The van der Waals surface area contributed by atoms with Gasteiger partial charge in [0.25, 0.3) is 5.91 Å². The molecule has 0 aliphatic rings. The van der Waals surface area contributed by atoms with Crippen molar-refractivity contribution < 1.29 is 9.53 Å². The van der Waals surface area contributed by atoms with Crippen molar-refractivity contribution in [3.63, 3.8) is 0 Å². The Labute approximate surface area is 125 Å². The molecule has 2 rings (SSSR count). The minimum Gasteiger partial charge on any atom is -0.383 e. The summed E-state index contributed by atoms with van der Waals surface area (Å²) >= 11 is 1.20. The molecule has 1 amide bonds. The van der Waals surface area contributed by atoms with Gasteiger partial charge in [-0.3, -0.25) is 4.79 Å². The lowest BCUT2D eigenvalue weighted by molar-refractivity contribution is 0.0954. The van der Waals surface area contributed by atoms with Crippen molar-refractivity contribution in [2.45, 2.75) is 6.54 Å². The minimum atomic E-state index is -0.284. The first-order chi connectivity index (χ1) is 10.1. The van der Waals surface area contributed by atoms with Crippen molar-refractivity contribution in [3.8, 4) is 0 Å². The maximum atomic E-state index is 12.1. The summed E-state index contributed by atoms with van der Waals surface area (Å²) in [6.07, 6.45) is 1.57. The average molecular weight is 311 g/mol. The lowest BCUT2D eigenvalue weighted by Crippen LogP contribution is -2.24. The molecule has 2 aromatic heterocycles. The lowest BCUT2D eigenvalue weighted by atomic mass is 10.4. The van der Waals surface area contributed by atoms with Crippen LogP contribution < -0.4 is 16.4 Å². The summed E-state index contributed by atoms with van der Waals surface area (Å²) in [6, 6.07) is 0. The van der Waals surface area contributed by atoms with Gasteiger partial charge < -0.3 is 25.7 Å². The number of ether oxygens (including phenoxy) is 1. The third-order valence-electron chi connectivity index (χ3n) is 2.65. The van der Waals surface area contributed by atoms with E-state index >= 15 is 0 Å². The van der Waals surface area contributed by atoms with Crippen molar-refractivity contribution in [2.24, 2.45) is 7.05 Å². The van der Waals surface area contributed by atoms with Crippen LogP contribution in [0.15, 0.2) is 6.33 Å². The summed E-state index contributed by atoms with van der Waals surface area (Å²) in [6.45, 7) is 1.43. The molecule has 0 bridgehead atoms. The van der Waals surface area contributed by atoms with Gasteiger partial charge in [0.05, 0.1) is 13.2 Å². The van der Waals surface area contributed by atoms with Gasteiger partial charge in [-0.1, -0.05) is 11.3 Å². The second-order valence-electron chi connectivity index (χ2n) is 4.19. The van der Waals surface area contributed by atoms with Gasteiger partial charge in [-0.15, -0.1) is 10.2 Å². The number of carbonyl (C=O) groups excluding carboxylic acids is 1. The van der Waals surface area contributed by atoms with Crippen molar-refractivity contribution >= 4 is 28.2 Å². The van der Waals surface area contributed by atoms with Gasteiger partial charge in [0.15, 0.2) is 11.0 Å². The molecular formula is C11H17N7O2S. The lowest BCUT2D eigenvalue weighted by Gasteiger charge is -2.03. The molecule has 0 unspecified atom stereocenters. The van der Waals surface area contributed by atoms with Crippen LogP contribution >= 0.6 is 11.3 Å². The predicted molar refractivity (Wildman–Crippen MR) is 79.1 cm³/mol. The molecule has 0 spiro atoms. The number of carbonyl (C=O) groups is 1. The molecule has 2 heterocycles. The zero-order chi connectivity index (χ0) is 15.2. The van der Waals surface area contributed by atoms with E-state index in [4.69, 9.17) is 10.5 Å². The molecular weight excluding hydrogens is 294 g/mol. The Kier molecular flexibility index (Phi) is 5.06. The highest BCUT2D eigenvalue weighted by molar-refractivity contribution is 7.18. The van der Waals surface area contributed by atoms with E-state index in [1.54, 1.807) is 25.1 Å². The number of hydrogen-bond acceptors (Lipinski definition) is 8. The first-order valence-electron chi connectivity index (χ1n) is 6.22. The summed E-state index contributed by atoms with van der Waals surface area (Å²) < 4.78 is 6.66. The van der Waals surface area contributed by atoms with E-state index in [2.05, 4.69) is 25.8 Å².